The van der Waals surface area contributed by atoms with Gasteiger partial charge in [-0.15, -0.1) is 0 Å². The number of rotatable bonds is 6. The van der Waals surface area contributed by atoms with Crippen LogP contribution < -0.4 is 9.08 Å². The lowest BCUT2D eigenvalue weighted by molar-refractivity contribution is -0.116. The Kier molecular flexibility index (Phi) is 6.91. The average Bonchev–Trinajstić information content (AvgIpc) is 2.74. The fraction of sp³-hybridized carbons (Fsp3) is 0.286. The van der Waals surface area contributed by atoms with Crippen molar-refractivity contribution in [1.82, 2.24) is 0 Å². The van der Waals surface area contributed by atoms with E-state index in [2.05, 4.69) is 4.18 Å². The van der Waals surface area contributed by atoms with Crippen LogP contribution in [0.5, 0.6) is 5.75 Å². The number of hydrogen-bond donors (Lipinski definition) is 2. The van der Waals surface area contributed by atoms with Gasteiger partial charge in [0.2, 0.25) is 0 Å². The van der Waals surface area contributed by atoms with Gasteiger partial charge < -0.3 is 19.3 Å². The van der Waals surface area contributed by atoms with Crippen molar-refractivity contribution >= 4 is 21.7 Å². The molecule has 0 aromatic heterocycles. The summed E-state index contributed by atoms with van der Waals surface area (Å²) >= 11 is 0. The summed E-state index contributed by atoms with van der Waals surface area (Å²) in [5.74, 6) is -1.34. The number of aliphatic hydroxyl groups excluding tert-OH is 2. The first-order valence-electron chi connectivity index (χ1n) is 9.50. The summed E-state index contributed by atoms with van der Waals surface area (Å²) in [5.41, 5.74) is -5.10. The van der Waals surface area contributed by atoms with Crippen molar-refractivity contribution in [3.8, 4) is 5.75 Å². The third-order valence-corrected chi connectivity index (χ3v) is 5.79. The molecule has 172 valence electrons. The Morgan fingerprint density at radius 3 is 2.28 bits per heavy atom. The second-order valence-electron chi connectivity index (χ2n) is 7.13. The first-order chi connectivity index (χ1) is 15.0. The quantitative estimate of drug-likeness (QED) is 0.496. The van der Waals surface area contributed by atoms with Gasteiger partial charge in [0.15, 0.2) is 5.75 Å². The standard InChI is InChI=1S/C21H20F3NO6S/c22-21(23,24)32(29,30)31-19-9-5-4-8-16(19)25(13-14-6-2-1-3-7-14)20(28)15-10-11-17(26)18(27)12-15/h1-10,17-18,26-27H,11-13H2/t17-,18-/m1/s1. The van der Waals surface area contributed by atoms with Gasteiger partial charge in [-0.05, 0) is 24.1 Å². The molecule has 0 radical (unpaired) electrons. The van der Waals surface area contributed by atoms with Crippen LogP contribution in [-0.2, 0) is 21.5 Å². The van der Waals surface area contributed by atoms with E-state index in [0.29, 0.717) is 5.56 Å². The molecule has 2 atom stereocenters. The van der Waals surface area contributed by atoms with E-state index in [4.69, 9.17) is 0 Å². The highest BCUT2D eigenvalue weighted by atomic mass is 32.2. The summed E-state index contributed by atoms with van der Waals surface area (Å²) in [7, 11) is -5.97. The molecule has 0 spiro atoms. The van der Waals surface area contributed by atoms with Crippen LogP contribution in [-0.4, -0.2) is 42.3 Å². The van der Waals surface area contributed by atoms with E-state index in [1.807, 2.05) is 0 Å². The van der Waals surface area contributed by atoms with Crippen LogP contribution in [0.1, 0.15) is 18.4 Å². The molecule has 0 saturated heterocycles. The fourth-order valence-electron chi connectivity index (χ4n) is 3.16. The number of carbonyl (C=O) groups excluding carboxylic acids is 1. The zero-order valence-electron chi connectivity index (χ0n) is 16.6. The number of para-hydroxylation sites is 2. The molecule has 2 N–H and O–H groups in total. The second-order valence-corrected chi connectivity index (χ2v) is 8.67. The van der Waals surface area contributed by atoms with Crippen molar-refractivity contribution in [2.45, 2.75) is 37.1 Å². The summed E-state index contributed by atoms with van der Waals surface area (Å²) in [5, 5.41) is 19.6. The highest BCUT2D eigenvalue weighted by Gasteiger charge is 2.49. The van der Waals surface area contributed by atoms with Crippen LogP contribution in [0.15, 0.2) is 66.2 Å². The van der Waals surface area contributed by atoms with Crippen LogP contribution in [0.25, 0.3) is 0 Å². The van der Waals surface area contributed by atoms with Crippen molar-refractivity contribution in [2.75, 3.05) is 4.90 Å². The molecule has 2 aromatic carbocycles. The second kappa shape index (κ2) is 9.31. The first-order valence-corrected chi connectivity index (χ1v) is 10.9. The summed E-state index contributed by atoms with van der Waals surface area (Å²) in [6.07, 6.45) is -0.943. The van der Waals surface area contributed by atoms with E-state index >= 15 is 0 Å². The SMILES string of the molecule is O=C(C1=CC[C@@H](O)[C@H](O)C1)N(Cc1ccccc1)c1ccccc1OS(=O)(=O)C(F)(F)F. The molecular weight excluding hydrogens is 451 g/mol. The average molecular weight is 471 g/mol. The zero-order valence-corrected chi connectivity index (χ0v) is 17.4. The molecule has 11 heteroatoms. The highest BCUT2D eigenvalue weighted by molar-refractivity contribution is 7.88. The fourth-order valence-corrected chi connectivity index (χ4v) is 3.63. The lowest BCUT2D eigenvalue weighted by Crippen LogP contribution is -2.37. The molecule has 1 aliphatic rings. The molecule has 0 bridgehead atoms. The molecular formula is C21H20F3NO6S. The van der Waals surface area contributed by atoms with E-state index < -0.39 is 39.5 Å². The summed E-state index contributed by atoms with van der Waals surface area (Å²) < 4.78 is 66.1. The van der Waals surface area contributed by atoms with E-state index in [1.165, 1.54) is 24.3 Å². The number of anilines is 1. The third kappa shape index (κ3) is 5.29. The number of nitrogens with zero attached hydrogens (tertiary/aromatic N) is 1. The minimum absolute atomic E-state index is 0.0159. The van der Waals surface area contributed by atoms with Crippen molar-refractivity contribution in [3.63, 3.8) is 0 Å². The maximum atomic E-state index is 13.3. The Labute approximate surface area is 182 Å². The Balaban J connectivity index is 2.04. The van der Waals surface area contributed by atoms with E-state index in [9.17, 15) is 36.6 Å². The summed E-state index contributed by atoms with van der Waals surface area (Å²) in [6.45, 7) is -0.109. The lowest BCUT2D eigenvalue weighted by Gasteiger charge is -2.29. The van der Waals surface area contributed by atoms with E-state index in [0.717, 1.165) is 11.0 Å². The Hall–Kier alpha value is -2.89. The van der Waals surface area contributed by atoms with Gasteiger partial charge in [0.1, 0.15) is 0 Å². The molecule has 0 fully saturated rings. The van der Waals surface area contributed by atoms with Gasteiger partial charge in [-0.1, -0.05) is 48.5 Å². The van der Waals surface area contributed by atoms with Gasteiger partial charge in [-0.2, -0.15) is 21.6 Å². The first kappa shape index (κ1) is 23.8. The molecule has 2 aromatic rings. The smallest absolute Gasteiger partial charge is 0.390 e. The molecule has 0 aliphatic heterocycles. The number of hydrogen-bond acceptors (Lipinski definition) is 6. The molecule has 0 unspecified atom stereocenters. The van der Waals surface area contributed by atoms with Crippen molar-refractivity contribution in [2.24, 2.45) is 0 Å². The molecule has 0 saturated carbocycles. The van der Waals surface area contributed by atoms with Crippen LogP contribution in [0.2, 0.25) is 0 Å². The monoisotopic (exact) mass is 471 g/mol. The topological polar surface area (TPSA) is 104 Å². The minimum Gasteiger partial charge on any atom is -0.390 e. The van der Waals surface area contributed by atoms with Crippen LogP contribution >= 0.6 is 0 Å². The Bertz CT molecular complexity index is 1100. The van der Waals surface area contributed by atoms with Gasteiger partial charge in [0.05, 0.1) is 24.4 Å². The van der Waals surface area contributed by atoms with E-state index in [-0.39, 0.29) is 30.6 Å². The van der Waals surface area contributed by atoms with Crippen molar-refractivity contribution in [1.29, 1.82) is 0 Å². The largest absolute Gasteiger partial charge is 0.534 e. The summed E-state index contributed by atoms with van der Waals surface area (Å²) in [4.78, 5) is 14.4. The van der Waals surface area contributed by atoms with Gasteiger partial charge in [0.25, 0.3) is 5.91 Å². The third-order valence-electron chi connectivity index (χ3n) is 4.82. The zero-order chi connectivity index (χ0) is 23.5. The van der Waals surface area contributed by atoms with Gasteiger partial charge in [0, 0.05) is 12.0 Å². The number of alkyl halides is 3. The van der Waals surface area contributed by atoms with Crippen LogP contribution in [0, 0.1) is 0 Å². The number of amides is 1. The molecule has 1 aliphatic carbocycles. The minimum atomic E-state index is -5.97. The van der Waals surface area contributed by atoms with Crippen LogP contribution in [0.4, 0.5) is 18.9 Å². The molecule has 3 rings (SSSR count). The van der Waals surface area contributed by atoms with Crippen LogP contribution in [0.3, 0.4) is 0 Å². The molecule has 1 amide bonds. The Morgan fingerprint density at radius 2 is 1.66 bits per heavy atom. The summed E-state index contributed by atoms with van der Waals surface area (Å²) in [6, 6.07) is 13.5. The van der Waals surface area contributed by atoms with E-state index in [1.54, 1.807) is 30.3 Å². The van der Waals surface area contributed by atoms with Gasteiger partial charge in [-0.3, -0.25) is 4.79 Å². The molecule has 7 nitrogen and oxygen atoms in total. The molecule has 32 heavy (non-hydrogen) atoms. The number of aliphatic hydroxyl groups is 2. The van der Waals surface area contributed by atoms with Gasteiger partial charge in [-0.25, -0.2) is 0 Å². The number of halogens is 3. The van der Waals surface area contributed by atoms with Crippen molar-refractivity contribution < 1.29 is 40.8 Å². The highest BCUT2D eigenvalue weighted by Crippen LogP contribution is 2.35. The predicted octanol–water partition coefficient (Wildman–Crippen LogP) is 2.89. The number of carbonyl (C=O) groups is 1. The van der Waals surface area contributed by atoms with Crippen molar-refractivity contribution in [3.05, 3.63) is 71.8 Å². The maximum absolute atomic E-state index is 13.3. The number of benzene rings is 2. The predicted molar refractivity (Wildman–Crippen MR) is 109 cm³/mol. The lowest BCUT2D eigenvalue weighted by atomic mass is 9.93. The normalized spacial score (nSPS) is 19.2. The molecule has 0 heterocycles. The Morgan fingerprint density at radius 1 is 1.03 bits per heavy atom. The van der Waals surface area contributed by atoms with Gasteiger partial charge >= 0.3 is 15.6 Å². The maximum Gasteiger partial charge on any atom is 0.534 e.